The van der Waals surface area contributed by atoms with Crippen molar-refractivity contribution in [2.24, 2.45) is 5.10 Å². The summed E-state index contributed by atoms with van der Waals surface area (Å²) in [5.74, 6) is -0.149. The summed E-state index contributed by atoms with van der Waals surface area (Å²) in [6.45, 7) is 3.64. The van der Waals surface area contributed by atoms with E-state index in [0.717, 1.165) is 5.56 Å². The largest absolute Gasteiger partial charge is 0.507 e. The van der Waals surface area contributed by atoms with Gasteiger partial charge in [0.05, 0.1) is 6.21 Å². The lowest BCUT2D eigenvalue weighted by Gasteiger charge is -2.04. The first-order valence-electron chi connectivity index (χ1n) is 6.52. The van der Waals surface area contributed by atoms with E-state index in [9.17, 15) is 9.90 Å². The number of hydrogen-bond donors (Lipinski definition) is 2. The Bertz CT molecular complexity index is 664. The fraction of sp³-hybridized carbons (Fsp3) is 0.0588. The van der Waals surface area contributed by atoms with E-state index in [4.69, 9.17) is 0 Å². The van der Waals surface area contributed by atoms with Gasteiger partial charge in [-0.3, -0.25) is 4.79 Å². The second kappa shape index (κ2) is 7.05. The number of para-hydroxylation sites is 1. The number of hydrogen-bond acceptors (Lipinski definition) is 3. The first-order chi connectivity index (χ1) is 10.2. The Morgan fingerprint density at radius 2 is 1.95 bits per heavy atom. The van der Waals surface area contributed by atoms with Gasteiger partial charge in [0, 0.05) is 11.1 Å². The van der Waals surface area contributed by atoms with E-state index in [1.807, 2.05) is 18.2 Å². The summed E-state index contributed by atoms with van der Waals surface area (Å²) in [6, 6.07) is 14.2. The summed E-state index contributed by atoms with van der Waals surface area (Å²) in [5.41, 5.74) is 4.26. The molecule has 1 amide bonds. The van der Waals surface area contributed by atoms with Gasteiger partial charge < -0.3 is 5.11 Å². The molecule has 0 heterocycles. The van der Waals surface area contributed by atoms with Crippen LogP contribution < -0.4 is 5.43 Å². The second-order valence-corrected chi connectivity index (χ2v) is 4.41. The van der Waals surface area contributed by atoms with Crippen LogP contribution in [0.4, 0.5) is 0 Å². The monoisotopic (exact) mass is 280 g/mol. The van der Waals surface area contributed by atoms with Gasteiger partial charge >= 0.3 is 0 Å². The summed E-state index contributed by atoms with van der Waals surface area (Å²) in [7, 11) is 0. The van der Waals surface area contributed by atoms with Gasteiger partial charge in [-0.05, 0) is 30.2 Å². The van der Waals surface area contributed by atoms with Gasteiger partial charge in [0.25, 0.3) is 5.91 Å². The van der Waals surface area contributed by atoms with Crippen LogP contribution in [0.15, 0.2) is 66.3 Å². The van der Waals surface area contributed by atoms with Crippen LogP contribution in [0.2, 0.25) is 0 Å². The predicted molar refractivity (Wildman–Crippen MR) is 83.5 cm³/mol. The zero-order valence-corrected chi connectivity index (χ0v) is 11.5. The van der Waals surface area contributed by atoms with E-state index in [2.05, 4.69) is 17.1 Å². The first kappa shape index (κ1) is 14.5. The van der Waals surface area contributed by atoms with Crippen LogP contribution in [0, 0.1) is 0 Å². The average molecular weight is 280 g/mol. The maximum absolute atomic E-state index is 11.8. The fourth-order valence-corrected chi connectivity index (χ4v) is 1.85. The lowest BCUT2D eigenvalue weighted by Crippen LogP contribution is -2.17. The minimum atomic E-state index is -0.298. The van der Waals surface area contributed by atoms with E-state index < -0.39 is 0 Å². The Kier molecular flexibility index (Phi) is 4.88. The average Bonchev–Trinajstić information content (AvgIpc) is 2.52. The molecule has 2 aromatic carbocycles. The molecule has 2 N–H and O–H groups in total. The lowest BCUT2D eigenvalue weighted by atomic mass is 10.1. The molecule has 4 nitrogen and oxygen atoms in total. The van der Waals surface area contributed by atoms with Crippen LogP contribution in [0.1, 0.15) is 21.5 Å². The van der Waals surface area contributed by atoms with Crippen LogP contribution in [-0.4, -0.2) is 17.2 Å². The van der Waals surface area contributed by atoms with Gasteiger partial charge in [-0.15, -0.1) is 6.58 Å². The standard InChI is InChI=1S/C17H16N2O2/c1-2-7-13-10-6-11-15(16(13)20)12-18-19-17(21)14-8-4-3-5-9-14/h2-6,8-12,20H,1,7H2,(H,19,21)/b18-12-. The molecule has 0 atom stereocenters. The van der Waals surface area contributed by atoms with Crippen molar-refractivity contribution in [1.29, 1.82) is 0 Å². The normalized spacial score (nSPS) is 10.5. The number of aromatic hydroxyl groups is 1. The predicted octanol–water partition coefficient (Wildman–Crippen LogP) is 2.88. The second-order valence-electron chi connectivity index (χ2n) is 4.41. The number of hydrazone groups is 1. The van der Waals surface area contributed by atoms with Gasteiger partial charge in [-0.25, -0.2) is 5.43 Å². The van der Waals surface area contributed by atoms with E-state index in [0.29, 0.717) is 17.5 Å². The number of nitrogens with zero attached hydrogens (tertiary/aromatic N) is 1. The molecule has 0 spiro atoms. The topological polar surface area (TPSA) is 61.7 Å². The maximum Gasteiger partial charge on any atom is 0.271 e. The number of amides is 1. The van der Waals surface area contributed by atoms with Gasteiger partial charge in [0.1, 0.15) is 5.75 Å². The van der Waals surface area contributed by atoms with E-state index in [-0.39, 0.29) is 11.7 Å². The Morgan fingerprint density at radius 1 is 1.19 bits per heavy atom. The van der Waals surface area contributed by atoms with Crippen LogP contribution in [0.3, 0.4) is 0 Å². The summed E-state index contributed by atoms with van der Waals surface area (Å²) >= 11 is 0. The quantitative estimate of drug-likeness (QED) is 0.502. The summed E-state index contributed by atoms with van der Waals surface area (Å²) in [5, 5.41) is 13.9. The Morgan fingerprint density at radius 3 is 2.67 bits per heavy atom. The van der Waals surface area contributed by atoms with Crippen LogP contribution in [0.25, 0.3) is 0 Å². The Hall–Kier alpha value is -2.88. The summed E-state index contributed by atoms with van der Waals surface area (Å²) in [6.07, 6.45) is 3.71. The third kappa shape index (κ3) is 3.79. The molecule has 0 radical (unpaired) electrons. The number of carbonyl (C=O) groups is 1. The van der Waals surface area contributed by atoms with E-state index in [1.165, 1.54) is 6.21 Å². The smallest absolute Gasteiger partial charge is 0.271 e. The van der Waals surface area contributed by atoms with Gasteiger partial charge in [-0.1, -0.05) is 36.4 Å². The molecule has 0 saturated carbocycles. The number of nitrogens with one attached hydrogen (secondary N) is 1. The highest BCUT2D eigenvalue weighted by Gasteiger charge is 2.05. The Balaban J connectivity index is 2.07. The van der Waals surface area contributed by atoms with Crippen LogP contribution in [-0.2, 0) is 6.42 Å². The fourth-order valence-electron chi connectivity index (χ4n) is 1.85. The molecule has 21 heavy (non-hydrogen) atoms. The number of carbonyl (C=O) groups excluding carboxylic acids is 1. The summed E-state index contributed by atoms with van der Waals surface area (Å²) < 4.78 is 0. The number of allylic oxidation sites excluding steroid dienone is 1. The molecule has 0 aromatic heterocycles. The molecule has 0 fully saturated rings. The molecule has 0 saturated heterocycles. The number of benzene rings is 2. The van der Waals surface area contributed by atoms with E-state index >= 15 is 0 Å². The number of rotatable bonds is 5. The highest BCUT2D eigenvalue weighted by atomic mass is 16.3. The van der Waals surface area contributed by atoms with Crippen molar-refractivity contribution in [3.63, 3.8) is 0 Å². The molecule has 0 bridgehead atoms. The van der Waals surface area contributed by atoms with Gasteiger partial charge in [0.15, 0.2) is 0 Å². The van der Waals surface area contributed by atoms with Crippen LogP contribution in [0.5, 0.6) is 5.75 Å². The first-order valence-corrected chi connectivity index (χ1v) is 6.52. The third-order valence-electron chi connectivity index (χ3n) is 2.92. The SMILES string of the molecule is C=CCc1cccc(/C=N\NC(=O)c2ccccc2)c1O. The molecule has 0 aliphatic heterocycles. The minimum absolute atomic E-state index is 0.148. The Labute approximate surface area is 123 Å². The van der Waals surface area contributed by atoms with Crippen molar-refractivity contribution in [2.75, 3.05) is 0 Å². The third-order valence-corrected chi connectivity index (χ3v) is 2.92. The zero-order chi connectivity index (χ0) is 15.1. The van der Waals surface area contributed by atoms with Crippen LogP contribution >= 0.6 is 0 Å². The molecule has 4 heteroatoms. The minimum Gasteiger partial charge on any atom is -0.507 e. The molecular formula is C17H16N2O2. The summed E-state index contributed by atoms with van der Waals surface area (Å²) in [4.78, 5) is 11.8. The van der Waals surface area contributed by atoms with Crippen molar-refractivity contribution in [1.82, 2.24) is 5.43 Å². The molecular weight excluding hydrogens is 264 g/mol. The molecule has 2 aromatic rings. The molecule has 0 unspecified atom stereocenters. The zero-order valence-electron chi connectivity index (χ0n) is 11.5. The number of phenolic OH excluding ortho intramolecular Hbond substituents is 1. The highest BCUT2D eigenvalue weighted by molar-refractivity contribution is 5.95. The number of phenols is 1. The molecule has 0 aliphatic carbocycles. The van der Waals surface area contributed by atoms with Crippen molar-refractivity contribution in [3.05, 3.63) is 77.9 Å². The van der Waals surface area contributed by atoms with Crippen molar-refractivity contribution >= 4 is 12.1 Å². The van der Waals surface area contributed by atoms with Gasteiger partial charge in [-0.2, -0.15) is 5.10 Å². The molecule has 2 rings (SSSR count). The molecule has 0 aliphatic rings. The molecule has 106 valence electrons. The van der Waals surface area contributed by atoms with Crippen molar-refractivity contribution < 1.29 is 9.90 Å². The highest BCUT2D eigenvalue weighted by Crippen LogP contribution is 2.21. The maximum atomic E-state index is 11.8. The van der Waals surface area contributed by atoms with E-state index in [1.54, 1.807) is 36.4 Å². The lowest BCUT2D eigenvalue weighted by molar-refractivity contribution is 0.0955. The van der Waals surface area contributed by atoms with Crippen molar-refractivity contribution in [2.45, 2.75) is 6.42 Å². The van der Waals surface area contributed by atoms with Gasteiger partial charge in [0.2, 0.25) is 0 Å². The van der Waals surface area contributed by atoms with Crippen molar-refractivity contribution in [3.8, 4) is 5.75 Å².